The number of nitrogens with one attached hydrogen (secondary N) is 1. The van der Waals surface area contributed by atoms with Crippen LogP contribution in [0, 0.1) is 13.8 Å². The van der Waals surface area contributed by atoms with Crippen LogP contribution in [-0.4, -0.2) is 13.4 Å². The number of hydrogen-bond acceptors (Lipinski definition) is 4. The van der Waals surface area contributed by atoms with Crippen molar-refractivity contribution >= 4 is 38.1 Å². The average Bonchev–Trinajstić information content (AvgIpc) is 2.60. The van der Waals surface area contributed by atoms with Crippen molar-refractivity contribution in [2.24, 2.45) is 0 Å². The van der Waals surface area contributed by atoms with E-state index in [0.717, 1.165) is 10.6 Å². The molecule has 0 aliphatic heterocycles. The Hall–Kier alpha value is -1.11. The topological polar surface area (TPSA) is 59.1 Å². The number of anilines is 1. The van der Waals surface area contributed by atoms with Crippen LogP contribution in [0.1, 0.15) is 16.1 Å². The van der Waals surface area contributed by atoms with Crippen LogP contribution in [0.5, 0.6) is 0 Å². The number of thiazole rings is 1. The molecule has 1 heterocycles. The molecule has 0 aliphatic rings. The summed E-state index contributed by atoms with van der Waals surface area (Å²) in [7, 11) is -3.45. The third-order valence-electron chi connectivity index (χ3n) is 2.54. The fraction of sp³-hybridized carbons (Fsp3) is 0.250. The van der Waals surface area contributed by atoms with Crippen molar-refractivity contribution < 1.29 is 8.42 Å². The maximum atomic E-state index is 12.0. The summed E-state index contributed by atoms with van der Waals surface area (Å²) in [5.41, 5.74) is 1.52. The Kier molecular flexibility index (Phi) is 4.13. The van der Waals surface area contributed by atoms with Gasteiger partial charge in [-0.3, -0.25) is 4.72 Å². The number of nitrogens with zero attached hydrogens (tertiary/aromatic N) is 1. The number of aromatic nitrogens is 1. The van der Waals surface area contributed by atoms with Crippen LogP contribution < -0.4 is 4.72 Å². The second-order valence-corrected chi connectivity index (χ2v) is 7.51. The first kappa shape index (κ1) is 14.3. The molecule has 0 spiro atoms. The molecular formula is C12H13ClN2O2S2. The van der Waals surface area contributed by atoms with Gasteiger partial charge in [-0.05, 0) is 31.5 Å². The lowest BCUT2D eigenvalue weighted by molar-refractivity contribution is 0.600. The molecule has 102 valence electrons. The van der Waals surface area contributed by atoms with Crippen molar-refractivity contribution in [2.45, 2.75) is 19.6 Å². The minimum Gasteiger partial charge on any atom is -0.258 e. The molecule has 0 atom stereocenters. The molecule has 7 heteroatoms. The molecule has 2 rings (SSSR count). The predicted octanol–water partition coefficient (Wildman–Crippen LogP) is 3.36. The van der Waals surface area contributed by atoms with Gasteiger partial charge in [0.15, 0.2) is 5.13 Å². The van der Waals surface area contributed by atoms with Crippen LogP contribution in [-0.2, 0) is 15.8 Å². The van der Waals surface area contributed by atoms with Gasteiger partial charge in [0, 0.05) is 9.90 Å². The van der Waals surface area contributed by atoms with Gasteiger partial charge >= 0.3 is 0 Å². The van der Waals surface area contributed by atoms with Crippen LogP contribution in [0.2, 0.25) is 5.02 Å². The number of rotatable bonds is 4. The largest absolute Gasteiger partial charge is 0.258 e. The molecule has 0 saturated carbocycles. The number of hydrogen-bond donors (Lipinski definition) is 1. The van der Waals surface area contributed by atoms with Gasteiger partial charge in [0.05, 0.1) is 11.4 Å². The van der Waals surface area contributed by atoms with E-state index < -0.39 is 10.0 Å². The molecule has 0 unspecified atom stereocenters. The van der Waals surface area contributed by atoms with E-state index in [1.165, 1.54) is 11.3 Å². The van der Waals surface area contributed by atoms with Crippen LogP contribution in [0.25, 0.3) is 0 Å². The van der Waals surface area contributed by atoms with Gasteiger partial charge in [-0.2, -0.15) is 0 Å². The van der Waals surface area contributed by atoms with E-state index in [9.17, 15) is 8.42 Å². The molecule has 0 amide bonds. The summed E-state index contributed by atoms with van der Waals surface area (Å²) in [5.74, 6) is -0.0954. The Morgan fingerprint density at radius 2 is 1.89 bits per heavy atom. The zero-order valence-corrected chi connectivity index (χ0v) is 12.9. The first-order valence-corrected chi connectivity index (χ1v) is 8.39. The molecule has 0 saturated heterocycles. The minimum absolute atomic E-state index is 0.0954. The summed E-state index contributed by atoms with van der Waals surface area (Å²) in [6, 6.07) is 6.73. The van der Waals surface area contributed by atoms with Gasteiger partial charge in [-0.25, -0.2) is 13.4 Å². The first-order chi connectivity index (χ1) is 8.85. The Labute approximate surface area is 121 Å². The van der Waals surface area contributed by atoms with Crippen molar-refractivity contribution in [3.05, 3.63) is 45.4 Å². The van der Waals surface area contributed by atoms with Crippen LogP contribution in [0.4, 0.5) is 5.13 Å². The Morgan fingerprint density at radius 3 is 2.42 bits per heavy atom. The molecule has 1 N–H and O–H groups in total. The monoisotopic (exact) mass is 316 g/mol. The summed E-state index contributed by atoms with van der Waals surface area (Å²) >= 11 is 7.09. The zero-order valence-electron chi connectivity index (χ0n) is 10.5. The van der Waals surface area contributed by atoms with E-state index in [0.29, 0.717) is 15.7 Å². The van der Waals surface area contributed by atoms with Crippen molar-refractivity contribution in [1.82, 2.24) is 4.98 Å². The second-order valence-electron chi connectivity index (χ2n) is 4.15. The van der Waals surface area contributed by atoms with Crippen molar-refractivity contribution in [1.29, 1.82) is 0 Å². The van der Waals surface area contributed by atoms with Gasteiger partial charge in [-0.15, -0.1) is 11.3 Å². The first-order valence-electron chi connectivity index (χ1n) is 5.55. The highest BCUT2D eigenvalue weighted by atomic mass is 35.5. The summed E-state index contributed by atoms with van der Waals surface area (Å²) in [5, 5.41) is 0.990. The molecule has 0 radical (unpaired) electrons. The fourth-order valence-electron chi connectivity index (χ4n) is 1.49. The maximum absolute atomic E-state index is 12.0. The van der Waals surface area contributed by atoms with Crippen molar-refractivity contribution in [3.8, 4) is 0 Å². The maximum Gasteiger partial charge on any atom is 0.238 e. The summed E-state index contributed by atoms with van der Waals surface area (Å²) in [6.07, 6.45) is 0. The summed E-state index contributed by atoms with van der Waals surface area (Å²) < 4.78 is 26.5. The Morgan fingerprint density at radius 1 is 1.26 bits per heavy atom. The van der Waals surface area contributed by atoms with Crippen molar-refractivity contribution in [3.63, 3.8) is 0 Å². The molecule has 0 bridgehead atoms. The molecule has 19 heavy (non-hydrogen) atoms. The normalized spacial score (nSPS) is 11.5. The zero-order chi connectivity index (χ0) is 14.0. The van der Waals surface area contributed by atoms with E-state index in [4.69, 9.17) is 11.6 Å². The highest BCUT2D eigenvalue weighted by Crippen LogP contribution is 2.23. The van der Waals surface area contributed by atoms with E-state index in [-0.39, 0.29) is 5.75 Å². The van der Waals surface area contributed by atoms with Crippen molar-refractivity contribution in [2.75, 3.05) is 4.72 Å². The lowest BCUT2D eigenvalue weighted by Gasteiger charge is -2.05. The van der Waals surface area contributed by atoms with E-state index in [1.807, 2.05) is 13.8 Å². The predicted molar refractivity (Wildman–Crippen MR) is 79.3 cm³/mol. The SMILES string of the molecule is Cc1nc(NS(=O)(=O)Cc2ccc(Cl)cc2)sc1C. The molecule has 1 aromatic carbocycles. The average molecular weight is 317 g/mol. The number of sulfonamides is 1. The smallest absolute Gasteiger partial charge is 0.238 e. The lowest BCUT2D eigenvalue weighted by Crippen LogP contribution is -2.14. The molecule has 1 aromatic heterocycles. The third kappa shape index (κ3) is 3.92. The highest BCUT2D eigenvalue weighted by Gasteiger charge is 2.14. The summed E-state index contributed by atoms with van der Waals surface area (Å²) in [4.78, 5) is 5.16. The van der Waals surface area contributed by atoms with Gasteiger partial charge in [0.25, 0.3) is 0 Å². The molecule has 2 aromatic rings. The minimum atomic E-state index is -3.45. The quantitative estimate of drug-likeness (QED) is 0.941. The molecule has 0 fully saturated rings. The lowest BCUT2D eigenvalue weighted by atomic mass is 10.2. The molecular weight excluding hydrogens is 304 g/mol. The number of aryl methyl sites for hydroxylation is 2. The van der Waals surface area contributed by atoms with E-state index >= 15 is 0 Å². The number of halogens is 1. The Bertz CT molecular complexity index is 659. The van der Waals surface area contributed by atoms with Crippen LogP contribution >= 0.6 is 22.9 Å². The molecule has 0 aliphatic carbocycles. The third-order valence-corrected chi connectivity index (χ3v) is 5.13. The van der Waals surface area contributed by atoms with Gasteiger partial charge in [0.2, 0.25) is 10.0 Å². The van der Waals surface area contributed by atoms with E-state index in [1.54, 1.807) is 24.3 Å². The van der Waals surface area contributed by atoms with Crippen LogP contribution in [0.15, 0.2) is 24.3 Å². The molecule has 4 nitrogen and oxygen atoms in total. The van der Waals surface area contributed by atoms with Crippen LogP contribution in [0.3, 0.4) is 0 Å². The Balaban J connectivity index is 2.12. The van der Waals surface area contributed by atoms with Gasteiger partial charge in [0.1, 0.15) is 0 Å². The van der Waals surface area contributed by atoms with E-state index in [2.05, 4.69) is 9.71 Å². The van der Waals surface area contributed by atoms with Gasteiger partial charge < -0.3 is 0 Å². The standard InChI is InChI=1S/C12H13ClN2O2S2/c1-8-9(2)18-12(14-8)15-19(16,17)7-10-3-5-11(13)6-4-10/h3-6H,7H2,1-2H3,(H,14,15). The fourth-order valence-corrected chi connectivity index (χ4v) is 3.84. The van der Waals surface area contributed by atoms with Gasteiger partial charge in [-0.1, -0.05) is 23.7 Å². The second kappa shape index (κ2) is 5.48. The highest BCUT2D eigenvalue weighted by molar-refractivity contribution is 7.92. The number of benzene rings is 1. The summed E-state index contributed by atoms with van der Waals surface area (Å²) in [6.45, 7) is 3.76.